The molecular formula is C18H24N2O5. The normalized spacial score (nSPS) is 14.9. The molecule has 0 aliphatic carbocycles. The number of fused-ring (bicyclic) bond motifs is 1. The summed E-state index contributed by atoms with van der Waals surface area (Å²) in [6.07, 6.45) is 0.134. The number of benzene rings is 1. The Hall–Kier alpha value is -2.57. The van der Waals surface area contributed by atoms with Gasteiger partial charge in [0.1, 0.15) is 17.4 Å². The molecule has 136 valence electrons. The number of amides is 2. The summed E-state index contributed by atoms with van der Waals surface area (Å²) in [7, 11) is 1.54. The Bertz CT molecular complexity index is 693. The molecule has 2 amide bonds. The molecule has 25 heavy (non-hydrogen) atoms. The first-order valence-electron chi connectivity index (χ1n) is 8.11. The van der Waals surface area contributed by atoms with Gasteiger partial charge in [0.15, 0.2) is 0 Å². The Morgan fingerprint density at radius 1 is 1.32 bits per heavy atom. The van der Waals surface area contributed by atoms with Gasteiger partial charge in [-0.2, -0.15) is 0 Å². The van der Waals surface area contributed by atoms with Gasteiger partial charge in [-0.25, -0.2) is 0 Å². The maximum Gasteiger partial charge on any atom is 0.306 e. The second-order valence-electron chi connectivity index (χ2n) is 7.00. The van der Waals surface area contributed by atoms with Gasteiger partial charge in [-0.15, -0.1) is 0 Å². The van der Waals surface area contributed by atoms with Gasteiger partial charge in [-0.1, -0.05) is 0 Å². The number of hydrogen-bond acceptors (Lipinski definition) is 5. The molecule has 2 rings (SSSR count). The summed E-state index contributed by atoms with van der Waals surface area (Å²) < 4.78 is 10.4. The number of nitrogens with zero attached hydrogens (tertiary/aromatic N) is 1. The third kappa shape index (κ3) is 4.49. The van der Waals surface area contributed by atoms with Gasteiger partial charge < -0.3 is 20.1 Å². The number of ether oxygens (including phenoxy) is 2. The van der Waals surface area contributed by atoms with Gasteiger partial charge >= 0.3 is 5.97 Å². The Balaban J connectivity index is 2.10. The highest BCUT2D eigenvalue weighted by Gasteiger charge is 2.36. The fraction of sp³-hybridized carbons (Fsp3) is 0.500. The predicted molar refractivity (Wildman–Crippen MR) is 90.9 cm³/mol. The van der Waals surface area contributed by atoms with Crippen molar-refractivity contribution in [2.75, 3.05) is 7.11 Å². The number of rotatable bonds is 6. The zero-order valence-corrected chi connectivity index (χ0v) is 15.0. The molecule has 0 saturated carbocycles. The number of esters is 1. The van der Waals surface area contributed by atoms with Gasteiger partial charge in [0.05, 0.1) is 7.11 Å². The summed E-state index contributed by atoms with van der Waals surface area (Å²) in [5.74, 6) is -0.704. The maximum absolute atomic E-state index is 12.6. The maximum atomic E-state index is 12.6. The van der Waals surface area contributed by atoms with Crippen LogP contribution in [-0.2, 0) is 20.9 Å². The van der Waals surface area contributed by atoms with E-state index in [2.05, 4.69) is 0 Å². The van der Waals surface area contributed by atoms with E-state index in [0.717, 1.165) is 5.56 Å². The molecule has 0 fully saturated rings. The lowest BCUT2D eigenvalue weighted by Crippen LogP contribution is -2.45. The molecule has 1 unspecified atom stereocenters. The smallest absolute Gasteiger partial charge is 0.306 e. The van der Waals surface area contributed by atoms with Gasteiger partial charge in [0, 0.05) is 18.5 Å². The van der Waals surface area contributed by atoms with E-state index in [-0.39, 0.29) is 25.3 Å². The van der Waals surface area contributed by atoms with Crippen molar-refractivity contribution in [2.24, 2.45) is 5.73 Å². The molecule has 1 heterocycles. The van der Waals surface area contributed by atoms with E-state index in [4.69, 9.17) is 15.2 Å². The number of methoxy groups -OCH3 is 1. The Morgan fingerprint density at radius 2 is 2.00 bits per heavy atom. The number of carbonyl (C=O) groups excluding carboxylic acids is 3. The van der Waals surface area contributed by atoms with E-state index < -0.39 is 23.5 Å². The SMILES string of the molecule is COc1ccc2c(c1)CN(C(CCC(=O)OC(C)(C)C)C(N)=O)C2=O. The topological polar surface area (TPSA) is 98.9 Å². The molecule has 7 heteroatoms. The quantitative estimate of drug-likeness (QED) is 0.788. The number of nitrogens with two attached hydrogens (primary N) is 1. The lowest BCUT2D eigenvalue weighted by atomic mass is 10.1. The molecule has 0 bridgehead atoms. The van der Waals surface area contributed by atoms with Crippen molar-refractivity contribution >= 4 is 17.8 Å². The largest absolute Gasteiger partial charge is 0.497 e. The summed E-state index contributed by atoms with van der Waals surface area (Å²) in [4.78, 5) is 37.7. The first kappa shape index (κ1) is 18.8. The fourth-order valence-electron chi connectivity index (χ4n) is 2.80. The zero-order valence-electron chi connectivity index (χ0n) is 15.0. The van der Waals surface area contributed by atoms with Crippen LogP contribution in [0, 0.1) is 0 Å². The van der Waals surface area contributed by atoms with Gasteiger partial charge in [0.25, 0.3) is 5.91 Å². The van der Waals surface area contributed by atoms with Crippen LogP contribution in [0.1, 0.15) is 49.5 Å². The van der Waals surface area contributed by atoms with Gasteiger partial charge in [-0.05, 0) is 51.0 Å². The predicted octanol–water partition coefficient (Wildman–Crippen LogP) is 1.63. The molecule has 1 aliphatic rings. The third-order valence-corrected chi connectivity index (χ3v) is 3.89. The van der Waals surface area contributed by atoms with Crippen molar-refractivity contribution in [3.8, 4) is 5.75 Å². The average molecular weight is 348 g/mol. The van der Waals surface area contributed by atoms with E-state index in [1.807, 2.05) is 0 Å². The van der Waals surface area contributed by atoms with Crippen LogP contribution in [0.15, 0.2) is 18.2 Å². The molecule has 1 aliphatic heterocycles. The van der Waals surface area contributed by atoms with Crippen molar-refractivity contribution in [1.29, 1.82) is 0 Å². The van der Waals surface area contributed by atoms with Crippen LogP contribution in [-0.4, -0.2) is 41.4 Å². The van der Waals surface area contributed by atoms with Crippen LogP contribution >= 0.6 is 0 Å². The summed E-state index contributed by atoms with van der Waals surface area (Å²) in [6.45, 7) is 5.56. The first-order chi connectivity index (χ1) is 11.6. The summed E-state index contributed by atoms with van der Waals surface area (Å²) in [6, 6.07) is 4.26. The van der Waals surface area contributed by atoms with Crippen molar-refractivity contribution in [3.63, 3.8) is 0 Å². The van der Waals surface area contributed by atoms with E-state index >= 15 is 0 Å². The van der Waals surface area contributed by atoms with Crippen molar-refractivity contribution in [1.82, 2.24) is 4.90 Å². The minimum Gasteiger partial charge on any atom is -0.497 e. The molecule has 1 aromatic rings. The third-order valence-electron chi connectivity index (χ3n) is 3.89. The highest BCUT2D eigenvalue weighted by molar-refractivity contribution is 6.01. The molecule has 0 aromatic heterocycles. The second kappa shape index (κ2) is 7.13. The van der Waals surface area contributed by atoms with Crippen LogP contribution in [0.25, 0.3) is 0 Å². The number of primary amides is 1. The highest BCUT2D eigenvalue weighted by atomic mass is 16.6. The number of carbonyl (C=O) groups is 3. The van der Waals surface area contributed by atoms with Crippen molar-refractivity contribution < 1.29 is 23.9 Å². The second-order valence-corrected chi connectivity index (χ2v) is 7.00. The molecule has 0 saturated heterocycles. The Morgan fingerprint density at radius 3 is 2.56 bits per heavy atom. The lowest BCUT2D eigenvalue weighted by molar-refractivity contribution is -0.155. The van der Waals surface area contributed by atoms with Crippen LogP contribution in [0.5, 0.6) is 5.75 Å². The molecule has 2 N–H and O–H groups in total. The van der Waals surface area contributed by atoms with Crippen LogP contribution in [0.3, 0.4) is 0 Å². The molecule has 1 atom stereocenters. The van der Waals surface area contributed by atoms with Gasteiger partial charge in [0.2, 0.25) is 5.91 Å². The van der Waals surface area contributed by atoms with Crippen molar-refractivity contribution in [3.05, 3.63) is 29.3 Å². The summed E-state index contributed by atoms with van der Waals surface area (Å²) >= 11 is 0. The lowest BCUT2D eigenvalue weighted by Gasteiger charge is -2.25. The minimum absolute atomic E-state index is 0.00826. The molecule has 7 nitrogen and oxygen atoms in total. The molecule has 0 radical (unpaired) electrons. The molecule has 0 spiro atoms. The van der Waals surface area contributed by atoms with E-state index in [0.29, 0.717) is 11.3 Å². The molecular weight excluding hydrogens is 324 g/mol. The summed E-state index contributed by atoms with van der Waals surface area (Å²) in [5, 5.41) is 0. The Kier molecular flexibility index (Phi) is 5.35. The molecule has 1 aromatic carbocycles. The highest BCUT2D eigenvalue weighted by Crippen LogP contribution is 2.29. The van der Waals surface area contributed by atoms with Crippen molar-refractivity contribution in [2.45, 2.75) is 51.8 Å². The van der Waals surface area contributed by atoms with E-state index in [1.165, 1.54) is 4.90 Å². The summed E-state index contributed by atoms with van der Waals surface area (Å²) in [5.41, 5.74) is 6.16. The van der Waals surface area contributed by atoms with Gasteiger partial charge in [-0.3, -0.25) is 14.4 Å². The minimum atomic E-state index is -0.863. The van der Waals surface area contributed by atoms with Crippen LogP contribution < -0.4 is 10.5 Å². The van der Waals surface area contributed by atoms with E-state index in [9.17, 15) is 14.4 Å². The van der Waals surface area contributed by atoms with E-state index in [1.54, 1.807) is 46.1 Å². The van der Waals surface area contributed by atoms with Crippen LogP contribution in [0.2, 0.25) is 0 Å². The standard InChI is InChI=1S/C18H24N2O5/c1-18(2,3)25-15(21)8-7-14(16(19)22)20-10-11-9-12(24-4)5-6-13(11)17(20)23/h5-6,9,14H,7-8,10H2,1-4H3,(H2,19,22). The fourth-order valence-corrected chi connectivity index (χ4v) is 2.80. The first-order valence-corrected chi connectivity index (χ1v) is 8.11. The number of hydrogen-bond donors (Lipinski definition) is 1. The average Bonchev–Trinajstić information content (AvgIpc) is 2.81. The monoisotopic (exact) mass is 348 g/mol. The zero-order chi connectivity index (χ0) is 18.8. The van der Waals surface area contributed by atoms with Crippen LogP contribution in [0.4, 0.5) is 0 Å². The Labute approximate surface area is 147 Å².